The fraction of sp³-hybridized carbons (Fsp3) is 0.188. The van der Waals surface area contributed by atoms with E-state index in [2.05, 4.69) is 15.9 Å². The summed E-state index contributed by atoms with van der Waals surface area (Å²) in [6.07, 6.45) is 1.48. The van der Waals surface area contributed by atoms with Gasteiger partial charge in [-0.3, -0.25) is 4.79 Å². The number of ether oxygens (including phenoxy) is 1. The van der Waals surface area contributed by atoms with Gasteiger partial charge in [0.25, 0.3) is 0 Å². The molecule has 0 bridgehead atoms. The maximum atomic E-state index is 12.3. The van der Waals surface area contributed by atoms with Crippen molar-refractivity contribution in [3.63, 3.8) is 0 Å². The normalized spacial score (nSPS) is 11.9. The molecule has 0 heterocycles. The number of benzene rings is 2. The molecule has 0 saturated carbocycles. The minimum absolute atomic E-state index is 0.0200. The summed E-state index contributed by atoms with van der Waals surface area (Å²) in [5.74, 6) is 0.728. The second-order valence-electron chi connectivity index (χ2n) is 4.28. The van der Waals surface area contributed by atoms with Gasteiger partial charge in [0.15, 0.2) is 6.10 Å². The zero-order valence-electron chi connectivity index (χ0n) is 11.3. The van der Waals surface area contributed by atoms with E-state index in [1.807, 2.05) is 42.7 Å². The van der Waals surface area contributed by atoms with Gasteiger partial charge in [-0.1, -0.05) is 40.2 Å². The van der Waals surface area contributed by atoms with Gasteiger partial charge >= 0.3 is 0 Å². The first-order chi connectivity index (χ1) is 9.61. The Morgan fingerprint density at radius 3 is 2.45 bits per heavy atom. The van der Waals surface area contributed by atoms with Crippen LogP contribution in [0.1, 0.15) is 17.3 Å². The number of carbonyl (C=O) groups excluding carboxylic acids is 1. The minimum Gasteiger partial charge on any atom is -0.481 e. The molecule has 104 valence electrons. The Kier molecular flexibility index (Phi) is 5.26. The molecule has 0 radical (unpaired) electrons. The summed E-state index contributed by atoms with van der Waals surface area (Å²) in [5, 5.41) is 0. The number of rotatable bonds is 5. The van der Waals surface area contributed by atoms with E-state index in [0.717, 1.165) is 15.1 Å². The first-order valence-electron chi connectivity index (χ1n) is 6.21. The maximum Gasteiger partial charge on any atom is 0.202 e. The molecule has 2 nitrogen and oxygen atoms in total. The van der Waals surface area contributed by atoms with Gasteiger partial charge in [-0.05, 0) is 37.4 Å². The molecule has 1 unspecified atom stereocenters. The molecule has 0 saturated heterocycles. The van der Waals surface area contributed by atoms with Crippen molar-refractivity contribution in [2.45, 2.75) is 17.9 Å². The first kappa shape index (κ1) is 15.1. The zero-order chi connectivity index (χ0) is 14.5. The van der Waals surface area contributed by atoms with Gasteiger partial charge < -0.3 is 4.74 Å². The third-order valence-corrected chi connectivity index (χ3v) is 4.18. The van der Waals surface area contributed by atoms with Crippen molar-refractivity contribution in [3.8, 4) is 5.75 Å². The second-order valence-corrected chi connectivity index (χ2v) is 6.05. The smallest absolute Gasteiger partial charge is 0.202 e. The maximum absolute atomic E-state index is 12.3. The third kappa shape index (κ3) is 3.64. The van der Waals surface area contributed by atoms with E-state index in [0.29, 0.717) is 5.56 Å². The lowest BCUT2D eigenvalue weighted by Crippen LogP contribution is -2.24. The van der Waals surface area contributed by atoms with Gasteiger partial charge in [0.05, 0.1) is 0 Å². The number of para-hydroxylation sites is 1. The molecular formula is C16H15BrO2S. The molecule has 1 atom stereocenters. The van der Waals surface area contributed by atoms with Crippen molar-refractivity contribution in [3.05, 3.63) is 58.6 Å². The average Bonchev–Trinajstić information content (AvgIpc) is 2.48. The Bertz CT molecular complexity index is 596. The fourth-order valence-electron chi connectivity index (χ4n) is 1.81. The Morgan fingerprint density at radius 1 is 1.15 bits per heavy atom. The summed E-state index contributed by atoms with van der Waals surface area (Å²) in [4.78, 5) is 13.3. The van der Waals surface area contributed by atoms with Crippen LogP contribution in [-0.4, -0.2) is 18.1 Å². The minimum atomic E-state index is -0.510. The second kappa shape index (κ2) is 6.95. The van der Waals surface area contributed by atoms with E-state index in [1.165, 1.54) is 0 Å². The Labute approximate surface area is 131 Å². The summed E-state index contributed by atoms with van der Waals surface area (Å²) < 4.78 is 6.75. The first-order valence-corrected chi connectivity index (χ1v) is 8.23. The van der Waals surface area contributed by atoms with E-state index in [1.54, 1.807) is 30.8 Å². The molecule has 0 aliphatic heterocycles. The van der Waals surface area contributed by atoms with Crippen molar-refractivity contribution < 1.29 is 9.53 Å². The highest BCUT2D eigenvalue weighted by atomic mass is 79.9. The monoisotopic (exact) mass is 350 g/mol. The highest BCUT2D eigenvalue weighted by molar-refractivity contribution is 9.10. The number of thioether (sulfide) groups is 1. The highest BCUT2D eigenvalue weighted by Crippen LogP contribution is 2.28. The molecule has 0 amide bonds. The number of ketones is 1. The van der Waals surface area contributed by atoms with Crippen molar-refractivity contribution in [2.75, 3.05) is 6.26 Å². The molecule has 20 heavy (non-hydrogen) atoms. The quantitative estimate of drug-likeness (QED) is 0.571. The van der Waals surface area contributed by atoms with Crippen LogP contribution in [0.25, 0.3) is 0 Å². The van der Waals surface area contributed by atoms with Gasteiger partial charge in [0, 0.05) is 14.9 Å². The number of hydrogen-bond acceptors (Lipinski definition) is 3. The molecule has 2 rings (SSSR count). The lowest BCUT2D eigenvalue weighted by atomic mass is 10.1. The van der Waals surface area contributed by atoms with Crippen LogP contribution in [0, 0.1) is 0 Å². The Morgan fingerprint density at radius 2 is 1.80 bits per heavy atom. The van der Waals surface area contributed by atoms with Gasteiger partial charge in [0.1, 0.15) is 5.75 Å². The molecule has 0 aliphatic carbocycles. The molecule has 0 fully saturated rings. The van der Waals surface area contributed by atoms with Crippen LogP contribution < -0.4 is 4.74 Å². The molecule has 0 aliphatic rings. The predicted molar refractivity (Wildman–Crippen MR) is 86.8 cm³/mol. The molecule has 2 aromatic rings. The molecule has 2 aromatic carbocycles. The molecule has 0 aromatic heterocycles. The predicted octanol–water partition coefficient (Wildman–Crippen LogP) is 4.82. The van der Waals surface area contributed by atoms with E-state index in [-0.39, 0.29) is 5.78 Å². The topological polar surface area (TPSA) is 26.3 Å². The number of carbonyl (C=O) groups is 1. The van der Waals surface area contributed by atoms with Gasteiger partial charge in [-0.25, -0.2) is 0 Å². The highest BCUT2D eigenvalue weighted by Gasteiger charge is 2.17. The standard InChI is InChI=1S/C16H15BrO2S/c1-11(16(18)12-7-9-13(17)10-8-12)19-14-5-3-4-6-15(14)20-2/h3-11H,1-2H3. The summed E-state index contributed by atoms with van der Waals surface area (Å²) in [7, 11) is 0. The van der Waals surface area contributed by atoms with E-state index in [4.69, 9.17) is 4.74 Å². The largest absolute Gasteiger partial charge is 0.481 e. The SMILES string of the molecule is CSc1ccccc1OC(C)C(=O)c1ccc(Br)cc1. The fourth-order valence-corrected chi connectivity index (χ4v) is 2.61. The molecule has 0 spiro atoms. The summed E-state index contributed by atoms with van der Waals surface area (Å²) in [6.45, 7) is 1.78. The molecular weight excluding hydrogens is 336 g/mol. The van der Waals surface area contributed by atoms with Crippen LogP contribution in [0.2, 0.25) is 0 Å². The lowest BCUT2D eigenvalue weighted by molar-refractivity contribution is 0.0814. The Hall–Kier alpha value is -1.26. The third-order valence-electron chi connectivity index (χ3n) is 2.87. The van der Waals surface area contributed by atoms with E-state index in [9.17, 15) is 4.79 Å². The summed E-state index contributed by atoms with van der Waals surface area (Å²) in [6, 6.07) is 15.0. The van der Waals surface area contributed by atoms with Crippen LogP contribution in [0.4, 0.5) is 0 Å². The van der Waals surface area contributed by atoms with Crippen molar-refractivity contribution in [1.82, 2.24) is 0 Å². The van der Waals surface area contributed by atoms with E-state index >= 15 is 0 Å². The van der Waals surface area contributed by atoms with Crippen molar-refractivity contribution >= 4 is 33.5 Å². The Balaban J connectivity index is 2.13. The van der Waals surface area contributed by atoms with Gasteiger partial charge in [0.2, 0.25) is 5.78 Å². The van der Waals surface area contributed by atoms with E-state index < -0.39 is 6.10 Å². The van der Waals surface area contributed by atoms with Crippen LogP contribution >= 0.6 is 27.7 Å². The van der Waals surface area contributed by atoms with Crippen molar-refractivity contribution in [2.24, 2.45) is 0 Å². The average molecular weight is 351 g/mol. The number of Topliss-reactive ketones (excluding diaryl/α,β-unsaturated/α-hetero) is 1. The number of halogens is 1. The summed E-state index contributed by atoms with van der Waals surface area (Å²) >= 11 is 4.96. The van der Waals surface area contributed by atoms with Crippen LogP contribution in [0.15, 0.2) is 57.9 Å². The zero-order valence-corrected chi connectivity index (χ0v) is 13.7. The number of hydrogen-bond donors (Lipinski definition) is 0. The lowest BCUT2D eigenvalue weighted by Gasteiger charge is -2.16. The van der Waals surface area contributed by atoms with Gasteiger partial charge in [-0.2, -0.15) is 0 Å². The van der Waals surface area contributed by atoms with Crippen LogP contribution in [0.5, 0.6) is 5.75 Å². The molecule has 0 N–H and O–H groups in total. The summed E-state index contributed by atoms with van der Waals surface area (Å²) in [5.41, 5.74) is 0.655. The molecule has 4 heteroatoms. The van der Waals surface area contributed by atoms with Crippen LogP contribution in [0.3, 0.4) is 0 Å². The van der Waals surface area contributed by atoms with Crippen molar-refractivity contribution in [1.29, 1.82) is 0 Å². The van der Waals surface area contributed by atoms with Gasteiger partial charge in [-0.15, -0.1) is 11.8 Å². The van der Waals surface area contributed by atoms with Crippen LogP contribution in [-0.2, 0) is 0 Å².